The summed E-state index contributed by atoms with van der Waals surface area (Å²) in [4.78, 5) is 14.3. The maximum Gasteiger partial charge on any atom is 0.416 e. The third-order valence-corrected chi connectivity index (χ3v) is 2.99. The topological polar surface area (TPSA) is 55.1 Å². The first-order chi connectivity index (χ1) is 8.79. The molecule has 0 atom stereocenters. The lowest BCUT2D eigenvalue weighted by Gasteiger charge is -2.10. The highest BCUT2D eigenvalue weighted by atomic mass is 79.9. The van der Waals surface area contributed by atoms with Crippen molar-refractivity contribution < 1.29 is 23.1 Å². The van der Waals surface area contributed by atoms with E-state index in [0.29, 0.717) is 5.69 Å². The minimum absolute atomic E-state index is 0.188. The molecular weight excluding hydrogens is 329 g/mol. The molecule has 4 nitrogen and oxygen atoms in total. The highest BCUT2D eigenvalue weighted by Gasteiger charge is 2.30. The van der Waals surface area contributed by atoms with Gasteiger partial charge in [0.25, 0.3) is 0 Å². The Hall–Kier alpha value is -1.83. The van der Waals surface area contributed by atoms with Gasteiger partial charge in [0.1, 0.15) is 6.33 Å². The molecular formula is C11H6BrF3N2O2. The molecule has 0 fully saturated rings. The lowest BCUT2D eigenvalue weighted by Crippen LogP contribution is -2.05. The Labute approximate surface area is 113 Å². The number of hydrogen-bond acceptors (Lipinski definition) is 2. The van der Waals surface area contributed by atoms with Crippen LogP contribution >= 0.6 is 15.9 Å². The van der Waals surface area contributed by atoms with Crippen LogP contribution in [0.3, 0.4) is 0 Å². The van der Waals surface area contributed by atoms with Crippen molar-refractivity contribution in [2.45, 2.75) is 6.18 Å². The number of carboxylic acid groups (broad SMARTS) is 1. The number of carbonyl (C=O) groups is 1. The van der Waals surface area contributed by atoms with Crippen LogP contribution in [0.5, 0.6) is 0 Å². The van der Waals surface area contributed by atoms with Crippen LogP contribution in [0.25, 0.3) is 5.69 Å². The van der Waals surface area contributed by atoms with Crippen LogP contribution in [0.4, 0.5) is 13.2 Å². The summed E-state index contributed by atoms with van der Waals surface area (Å²) in [5, 5.41) is 8.73. The molecule has 0 saturated heterocycles. The van der Waals surface area contributed by atoms with E-state index in [0.717, 1.165) is 12.1 Å². The molecule has 0 aliphatic carbocycles. The summed E-state index contributed by atoms with van der Waals surface area (Å²) < 4.78 is 39.0. The van der Waals surface area contributed by atoms with Crippen LogP contribution in [0.15, 0.2) is 35.2 Å². The lowest BCUT2D eigenvalue weighted by molar-refractivity contribution is -0.137. The van der Waals surface area contributed by atoms with Gasteiger partial charge >= 0.3 is 12.1 Å². The molecule has 2 rings (SSSR count). The number of carboxylic acids is 1. The van der Waals surface area contributed by atoms with Crippen molar-refractivity contribution in [3.63, 3.8) is 0 Å². The number of halogens is 4. The van der Waals surface area contributed by atoms with E-state index in [-0.39, 0.29) is 10.2 Å². The summed E-state index contributed by atoms with van der Waals surface area (Å²) >= 11 is 3.03. The van der Waals surface area contributed by atoms with E-state index >= 15 is 0 Å². The molecule has 0 radical (unpaired) electrons. The summed E-state index contributed by atoms with van der Waals surface area (Å²) in [6.45, 7) is 0. The molecule has 0 saturated carbocycles. The second-order valence-corrected chi connectivity index (χ2v) is 4.49. The first-order valence-electron chi connectivity index (χ1n) is 4.93. The Bertz CT molecular complexity index is 637. The third kappa shape index (κ3) is 2.78. The number of nitrogens with zero attached hydrogens (tertiary/aromatic N) is 2. The van der Waals surface area contributed by atoms with E-state index in [4.69, 9.17) is 5.11 Å². The average Bonchev–Trinajstić information content (AvgIpc) is 2.76. The van der Waals surface area contributed by atoms with E-state index in [9.17, 15) is 18.0 Å². The fraction of sp³-hybridized carbons (Fsp3) is 0.0909. The summed E-state index contributed by atoms with van der Waals surface area (Å²) in [7, 11) is 0. The summed E-state index contributed by atoms with van der Waals surface area (Å²) in [6.07, 6.45) is -1.99. The average molecular weight is 335 g/mol. The molecule has 19 heavy (non-hydrogen) atoms. The summed E-state index contributed by atoms with van der Waals surface area (Å²) in [6, 6.07) is 3.08. The van der Waals surface area contributed by atoms with Crippen LogP contribution in [-0.4, -0.2) is 20.6 Å². The first kappa shape index (κ1) is 13.6. The molecule has 1 heterocycles. The van der Waals surface area contributed by atoms with Crippen molar-refractivity contribution in [3.05, 3.63) is 46.5 Å². The Balaban J connectivity index is 2.43. The van der Waals surface area contributed by atoms with Gasteiger partial charge in [0.2, 0.25) is 0 Å². The Morgan fingerprint density at radius 2 is 2.05 bits per heavy atom. The molecule has 0 unspecified atom stereocenters. The number of benzene rings is 1. The van der Waals surface area contributed by atoms with Gasteiger partial charge in [-0.1, -0.05) is 0 Å². The fourth-order valence-electron chi connectivity index (χ4n) is 1.46. The molecule has 0 aliphatic rings. The van der Waals surface area contributed by atoms with E-state index in [1.54, 1.807) is 0 Å². The highest BCUT2D eigenvalue weighted by molar-refractivity contribution is 9.10. The maximum absolute atomic E-state index is 12.5. The number of rotatable bonds is 2. The van der Waals surface area contributed by atoms with Gasteiger partial charge in [0, 0.05) is 10.7 Å². The molecule has 1 aromatic heterocycles. The normalized spacial score (nSPS) is 11.6. The van der Waals surface area contributed by atoms with Gasteiger partial charge in [-0.3, -0.25) is 0 Å². The number of aromatic nitrogens is 2. The van der Waals surface area contributed by atoms with E-state index in [1.807, 2.05) is 0 Å². The van der Waals surface area contributed by atoms with Crippen molar-refractivity contribution in [2.75, 3.05) is 0 Å². The van der Waals surface area contributed by atoms with Gasteiger partial charge < -0.3 is 9.67 Å². The highest BCUT2D eigenvalue weighted by Crippen LogP contribution is 2.33. The fourth-order valence-corrected chi connectivity index (χ4v) is 2.04. The zero-order chi connectivity index (χ0) is 14.2. The smallest absolute Gasteiger partial charge is 0.416 e. The van der Waals surface area contributed by atoms with Crippen LogP contribution < -0.4 is 0 Å². The standard InChI is InChI=1S/C11H6BrF3N2O2/c12-7-3-6(11(13,14)15)1-2-9(7)17-4-8(10(18)19)16-5-17/h1-5H,(H,18,19). The number of alkyl halides is 3. The summed E-state index contributed by atoms with van der Waals surface area (Å²) in [5.74, 6) is -1.21. The van der Waals surface area contributed by atoms with Gasteiger partial charge in [-0.15, -0.1) is 0 Å². The minimum atomic E-state index is -4.43. The van der Waals surface area contributed by atoms with Crippen LogP contribution in [0.1, 0.15) is 16.1 Å². The molecule has 0 spiro atoms. The Morgan fingerprint density at radius 1 is 1.37 bits per heavy atom. The largest absolute Gasteiger partial charge is 0.476 e. The molecule has 8 heteroatoms. The molecule has 0 amide bonds. The molecule has 2 aromatic rings. The van der Waals surface area contributed by atoms with E-state index < -0.39 is 17.7 Å². The van der Waals surface area contributed by atoms with Crippen molar-refractivity contribution in [1.82, 2.24) is 9.55 Å². The third-order valence-electron chi connectivity index (χ3n) is 2.35. The van der Waals surface area contributed by atoms with Gasteiger partial charge in [-0.25, -0.2) is 9.78 Å². The SMILES string of the molecule is O=C(O)c1cn(-c2ccc(C(F)(F)F)cc2Br)cn1. The minimum Gasteiger partial charge on any atom is -0.476 e. The van der Waals surface area contributed by atoms with Gasteiger partial charge in [0.15, 0.2) is 5.69 Å². The quantitative estimate of drug-likeness (QED) is 0.916. The number of hydrogen-bond donors (Lipinski definition) is 1. The zero-order valence-corrected chi connectivity index (χ0v) is 10.7. The Kier molecular flexibility index (Phi) is 3.36. The van der Waals surface area contributed by atoms with E-state index in [1.165, 1.54) is 23.2 Å². The van der Waals surface area contributed by atoms with Crippen LogP contribution in [-0.2, 0) is 6.18 Å². The van der Waals surface area contributed by atoms with Gasteiger partial charge in [-0.05, 0) is 34.1 Å². The number of imidazole rings is 1. The van der Waals surface area contributed by atoms with Crippen molar-refractivity contribution >= 4 is 21.9 Å². The molecule has 0 aliphatic heterocycles. The van der Waals surface area contributed by atoms with Crippen LogP contribution in [0, 0.1) is 0 Å². The number of aromatic carboxylic acids is 1. The monoisotopic (exact) mass is 334 g/mol. The first-order valence-corrected chi connectivity index (χ1v) is 5.73. The van der Waals surface area contributed by atoms with E-state index in [2.05, 4.69) is 20.9 Å². The molecule has 1 N–H and O–H groups in total. The molecule has 0 bridgehead atoms. The van der Waals surface area contributed by atoms with Crippen LogP contribution in [0.2, 0.25) is 0 Å². The second-order valence-electron chi connectivity index (χ2n) is 3.64. The second kappa shape index (κ2) is 4.69. The van der Waals surface area contributed by atoms with Crippen molar-refractivity contribution in [1.29, 1.82) is 0 Å². The van der Waals surface area contributed by atoms with Crippen molar-refractivity contribution in [2.24, 2.45) is 0 Å². The predicted molar refractivity (Wildman–Crippen MR) is 63.2 cm³/mol. The van der Waals surface area contributed by atoms with Crippen molar-refractivity contribution in [3.8, 4) is 5.69 Å². The lowest BCUT2D eigenvalue weighted by atomic mass is 10.2. The molecule has 100 valence electrons. The predicted octanol–water partition coefficient (Wildman–Crippen LogP) is 3.35. The van der Waals surface area contributed by atoms with Gasteiger partial charge in [-0.2, -0.15) is 13.2 Å². The molecule has 1 aromatic carbocycles. The Morgan fingerprint density at radius 3 is 2.53 bits per heavy atom. The zero-order valence-electron chi connectivity index (χ0n) is 9.15. The van der Waals surface area contributed by atoms with Gasteiger partial charge in [0.05, 0.1) is 11.3 Å². The summed E-state index contributed by atoms with van der Waals surface area (Å²) in [5.41, 5.74) is -0.610. The maximum atomic E-state index is 12.5.